The molecule has 25 heavy (non-hydrogen) atoms. The molecule has 0 aliphatic heterocycles. The minimum absolute atomic E-state index is 0.269. The fourth-order valence-corrected chi connectivity index (χ4v) is 2.39. The number of amides is 2. The summed E-state index contributed by atoms with van der Waals surface area (Å²) in [4.78, 5) is 12.0. The summed E-state index contributed by atoms with van der Waals surface area (Å²) in [5.41, 5.74) is 2.92. The predicted octanol–water partition coefficient (Wildman–Crippen LogP) is 2.47. The monoisotopic (exact) mass is 340 g/mol. The molecule has 128 valence electrons. The van der Waals surface area contributed by atoms with Crippen molar-refractivity contribution in [1.82, 2.24) is 25.5 Å². The molecule has 0 aliphatic carbocycles. The summed E-state index contributed by atoms with van der Waals surface area (Å²) in [5, 5.41) is 16.5. The van der Waals surface area contributed by atoms with Crippen LogP contribution in [0.5, 0.6) is 0 Å². The van der Waals surface area contributed by atoms with E-state index in [1.165, 1.54) is 17.1 Å². The summed E-state index contributed by atoms with van der Waals surface area (Å²) >= 11 is 0. The van der Waals surface area contributed by atoms with E-state index in [-0.39, 0.29) is 11.8 Å². The zero-order chi connectivity index (χ0) is 17.6. The number of hydrogen-bond acceptors (Lipinski definition) is 4. The maximum absolute atomic E-state index is 13.5. The lowest BCUT2D eigenvalue weighted by atomic mass is 10.1. The van der Waals surface area contributed by atoms with Gasteiger partial charge >= 0.3 is 6.03 Å². The largest absolute Gasteiger partial charge is 0.338 e. The van der Waals surface area contributed by atoms with Crippen molar-refractivity contribution in [2.45, 2.75) is 13.3 Å². The lowest BCUT2D eigenvalue weighted by molar-refractivity contribution is 0.252. The van der Waals surface area contributed by atoms with Crippen molar-refractivity contribution in [1.29, 1.82) is 0 Å². The molecule has 2 amide bonds. The van der Waals surface area contributed by atoms with Gasteiger partial charge in [-0.05, 0) is 53.1 Å². The Hall–Kier alpha value is -3.29. The van der Waals surface area contributed by atoms with E-state index >= 15 is 0 Å². The Bertz CT molecular complexity index is 865. The number of halogens is 1. The van der Waals surface area contributed by atoms with Crippen LogP contribution in [-0.2, 0) is 6.42 Å². The number of tetrazole rings is 1. The predicted molar refractivity (Wildman–Crippen MR) is 91.0 cm³/mol. The van der Waals surface area contributed by atoms with E-state index in [9.17, 15) is 9.18 Å². The normalized spacial score (nSPS) is 10.5. The molecule has 8 heteroatoms. The Morgan fingerprint density at radius 3 is 2.84 bits per heavy atom. The molecule has 0 aliphatic rings. The minimum atomic E-state index is -0.358. The lowest BCUT2D eigenvalue weighted by Crippen LogP contribution is -2.30. The highest BCUT2D eigenvalue weighted by atomic mass is 19.1. The van der Waals surface area contributed by atoms with Crippen molar-refractivity contribution in [2.24, 2.45) is 0 Å². The molecule has 0 unspecified atom stereocenters. The van der Waals surface area contributed by atoms with Gasteiger partial charge in [-0.2, -0.15) is 0 Å². The molecule has 3 aromatic rings. The van der Waals surface area contributed by atoms with Crippen molar-refractivity contribution in [3.05, 3.63) is 65.7 Å². The molecule has 1 aromatic heterocycles. The van der Waals surface area contributed by atoms with Gasteiger partial charge in [0.15, 0.2) is 0 Å². The zero-order valence-corrected chi connectivity index (χ0v) is 13.6. The van der Waals surface area contributed by atoms with Crippen molar-refractivity contribution in [3.8, 4) is 5.69 Å². The molecular weight excluding hydrogens is 323 g/mol. The first-order valence-corrected chi connectivity index (χ1v) is 7.76. The molecule has 0 spiro atoms. The van der Waals surface area contributed by atoms with Gasteiger partial charge in [-0.25, -0.2) is 13.9 Å². The van der Waals surface area contributed by atoms with Gasteiger partial charge in [0.25, 0.3) is 0 Å². The van der Waals surface area contributed by atoms with Crippen LogP contribution in [0.1, 0.15) is 11.1 Å². The van der Waals surface area contributed by atoms with E-state index in [0.29, 0.717) is 24.2 Å². The number of carbonyl (C=O) groups excluding carboxylic acids is 1. The SMILES string of the molecule is Cc1ccc(NC(=O)NCCc2ccccc2F)cc1-n1cnnn1. The van der Waals surface area contributed by atoms with Gasteiger partial charge in [0.2, 0.25) is 0 Å². The van der Waals surface area contributed by atoms with Crippen LogP contribution in [0, 0.1) is 12.7 Å². The number of anilines is 1. The third-order valence-electron chi connectivity index (χ3n) is 3.70. The Labute approximate surface area is 143 Å². The van der Waals surface area contributed by atoms with Crippen LogP contribution in [0.2, 0.25) is 0 Å². The van der Waals surface area contributed by atoms with Gasteiger partial charge in [0.05, 0.1) is 5.69 Å². The highest BCUT2D eigenvalue weighted by molar-refractivity contribution is 5.89. The molecule has 0 bridgehead atoms. The van der Waals surface area contributed by atoms with Crippen molar-refractivity contribution < 1.29 is 9.18 Å². The highest BCUT2D eigenvalue weighted by Crippen LogP contribution is 2.18. The highest BCUT2D eigenvalue weighted by Gasteiger charge is 2.07. The number of hydrogen-bond donors (Lipinski definition) is 2. The molecule has 3 rings (SSSR count). The summed E-state index contributed by atoms with van der Waals surface area (Å²) < 4.78 is 15.1. The van der Waals surface area contributed by atoms with Gasteiger partial charge in [0.1, 0.15) is 12.1 Å². The number of nitrogens with one attached hydrogen (secondary N) is 2. The van der Waals surface area contributed by atoms with E-state index in [4.69, 9.17) is 0 Å². The van der Waals surface area contributed by atoms with Gasteiger partial charge < -0.3 is 10.6 Å². The van der Waals surface area contributed by atoms with E-state index in [1.54, 1.807) is 30.3 Å². The van der Waals surface area contributed by atoms with Crippen LogP contribution in [0.4, 0.5) is 14.9 Å². The van der Waals surface area contributed by atoms with Gasteiger partial charge in [-0.1, -0.05) is 24.3 Å². The summed E-state index contributed by atoms with van der Waals surface area (Å²) in [6, 6.07) is 11.6. The van der Waals surface area contributed by atoms with Crippen molar-refractivity contribution >= 4 is 11.7 Å². The van der Waals surface area contributed by atoms with Crippen LogP contribution in [-0.4, -0.2) is 32.8 Å². The van der Waals surface area contributed by atoms with Crippen molar-refractivity contribution in [2.75, 3.05) is 11.9 Å². The molecule has 0 saturated carbocycles. The van der Waals surface area contributed by atoms with Crippen molar-refractivity contribution in [3.63, 3.8) is 0 Å². The average Bonchev–Trinajstić information content (AvgIpc) is 3.13. The fraction of sp³-hybridized carbons (Fsp3) is 0.176. The smallest absolute Gasteiger partial charge is 0.319 e. The van der Waals surface area contributed by atoms with E-state index in [1.807, 2.05) is 13.0 Å². The first-order chi connectivity index (χ1) is 12.1. The number of carbonyl (C=O) groups is 1. The van der Waals surface area contributed by atoms with Crippen LogP contribution in [0.3, 0.4) is 0 Å². The van der Waals surface area contributed by atoms with Gasteiger partial charge in [-0.15, -0.1) is 5.10 Å². The van der Waals surface area contributed by atoms with Crippen LogP contribution >= 0.6 is 0 Å². The summed E-state index contributed by atoms with van der Waals surface area (Å²) in [6.07, 6.45) is 1.91. The quantitative estimate of drug-likeness (QED) is 0.747. The van der Waals surface area contributed by atoms with E-state index in [0.717, 1.165) is 11.3 Å². The Kier molecular flexibility index (Phi) is 4.98. The van der Waals surface area contributed by atoms with Crippen LogP contribution < -0.4 is 10.6 Å². The van der Waals surface area contributed by atoms with E-state index < -0.39 is 0 Å². The first-order valence-electron chi connectivity index (χ1n) is 7.76. The lowest BCUT2D eigenvalue weighted by Gasteiger charge is -2.11. The Morgan fingerprint density at radius 1 is 1.24 bits per heavy atom. The summed E-state index contributed by atoms with van der Waals surface area (Å²) in [7, 11) is 0. The number of urea groups is 1. The third kappa shape index (κ3) is 4.17. The number of aryl methyl sites for hydroxylation is 1. The molecule has 2 aromatic carbocycles. The number of nitrogens with zero attached hydrogens (tertiary/aromatic N) is 4. The zero-order valence-electron chi connectivity index (χ0n) is 13.6. The Morgan fingerprint density at radius 2 is 2.08 bits per heavy atom. The maximum atomic E-state index is 13.5. The number of benzene rings is 2. The molecule has 0 atom stereocenters. The summed E-state index contributed by atoms with van der Waals surface area (Å²) in [6.45, 7) is 2.26. The minimum Gasteiger partial charge on any atom is -0.338 e. The maximum Gasteiger partial charge on any atom is 0.319 e. The first kappa shape index (κ1) is 16.6. The standard InChI is InChI=1S/C17H17FN6O/c1-12-6-7-14(10-16(12)24-11-20-22-23-24)21-17(25)19-9-8-13-4-2-3-5-15(13)18/h2-7,10-11H,8-9H2,1H3,(H2,19,21,25). The fourth-order valence-electron chi connectivity index (χ4n) is 2.39. The second kappa shape index (κ2) is 7.52. The molecule has 0 fully saturated rings. The topological polar surface area (TPSA) is 84.7 Å². The molecule has 2 N–H and O–H groups in total. The van der Waals surface area contributed by atoms with Gasteiger partial charge in [-0.3, -0.25) is 0 Å². The molecular formula is C17H17FN6O. The number of rotatable bonds is 5. The number of aromatic nitrogens is 4. The van der Waals surface area contributed by atoms with Gasteiger partial charge in [0, 0.05) is 12.2 Å². The Balaban J connectivity index is 1.58. The second-order valence-electron chi connectivity index (χ2n) is 5.48. The average molecular weight is 340 g/mol. The van der Waals surface area contributed by atoms with Crippen LogP contribution in [0.15, 0.2) is 48.8 Å². The molecule has 0 saturated heterocycles. The third-order valence-corrected chi connectivity index (χ3v) is 3.70. The molecule has 1 heterocycles. The van der Waals surface area contributed by atoms with E-state index in [2.05, 4.69) is 26.2 Å². The summed E-state index contributed by atoms with van der Waals surface area (Å²) in [5.74, 6) is -0.269. The molecule has 7 nitrogen and oxygen atoms in total. The van der Waals surface area contributed by atoms with Crippen LogP contribution in [0.25, 0.3) is 5.69 Å². The molecule has 0 radical (unpaired) electrons. The second-order valence-corrected chi connectivity index (χ2v) is 5.48.